The Morgan fingerprint density at radius 2 is 1.79 bits per heavy atom. The van der Waals surface area contributed by atoms with Crippen LogP contribution in [-0.2, 0) is 4.79 Å². The molecule has 0 saturated carbocycles. The summed E-state index contributed by atoms with van der Waals surface area (Å²) < 4.78 is 45.1. The van der Waals surface area contributed by atoms with Crippen molar-refractivity contribution in [2.24, 2.45) is 11.1 Å². The molecule has 204 valence electrons. The van der Waals surface area contributed by atoms with Crippen molar-refractivity contribution in [2.75, 3.05) is 43.5 Å². The molecule has 5 N–H and O–H groups in total. The van der Waals surface area contributed by atoms with Gasteiger partial charge in [-0.25, -0.2) is 13.2 Å². The number of carbonyl (C=O) groups is 2. The van der Waals surface area contributed by atoms with Crippen LogP contribution < -0.4 is 21.1 Å². The van der Waals surface area contributed by atoms with E-state index >= 15 is 0 Å². The summed E-state index contributed by atoms with van der Waals surface area (Å²) in [6.45, 7) is 6.16. The molecule has 0 bridgehead atoms. The maximum atomic E-state index is 13.3. The molecule has 2 amide bonds. The van der Waals surface area contributed by atoms with E-state index in [0.717, 1.165) is 0 Å². The number of halogens is 3. The summed E-state index contributed by atoms with van der Waals surface area (Å²) >= 11 is 0. The molecule has 1 atom stereocenters. The normalized spacial score (nSPS) is 15.2. The van der Waals surface area contributed by atoms with Crippen molar-refractivity contribution in [3.8, 4) is 16.9 Å². The molecule has 1 aliphatic heterocycles. The lowest BCUT2D eigenvalue weighted by Crippen LogP contribution is -2.52. The molecule has 0 spiro atoms. The number of alkyl halides is 3. The Bertz CT molecular complexity index is 1350. The zero-order chi connectivity index (χ0) is 27.8. The van der Waals surface area contributed by atoms with Gasteiger partial charge in [0, 0.05) is 31.6 Å². The van der Waals surface area contributed by atoms with Gasteiger partial charge >= 0.3 is 0 Å². The second-order valence-corrected chi connectivity index (χ2v) is 10.3. The summed E-state index contributed by atoms with van der Waals surface area (Å²) in [6, 6.07) is 8.23. The summed E-state index contributed by atoms with van der Waals surface area (Å²) in [5.41, 5.74) is 13.5. The van der Waals surface area contributed by atoms with Gasteiger partial charge in [-0.15, -0.1) is 0 Å². The average molecular weight is 533 g/mol. The number of benzene rings is 2. The van der Waals surface area contributed by atoms with E-state index in [1.807, 2.05) is 25.7 Å². The van der Waals surface area contributed by atoms with Gasteiger partial charge in [0.25, 0.3) is 12.3 Å². The molecule has 9 nitrogen and oxygen atoms in total. The summed E-state index contributed by atoms with van der Waals surface area (Å²) in [5, 5.41) is 6.93. The van der Waals surface area contributed by atoms with Crippen LogP contribution >= 0.6 is 0 Å². The molecule has 3 aromatic rings. The molecule has 12 heteroatoms. The summed E-state index contributed by atoms with van der Waals surface area (Å²) in [6.07, 6.45) is -5.01. The number of amides is 2. The Labute approximate surface area is 217 Å². The third-order valence-electron chi connectivity index (χ3n) is 6.51. The van der Waals surface area contributed by atoms with Crippen molar-refractivity contribution in [3.05, 3.63) is 35.9 Å². The number of anilines is 2. The zero-order valence-corrected chi connectivity index (χ0v) is 21.4. The third-order valence-corrected chi connectivity index (χ3v) is 6.51. The molecule has 2 aromatic carbocycles. The minimum Gasteiger partial charge on any atom is -0.481 e. The highest BCUT2D eigenvalue weighted by atomic mass is 19.3. The molecule has 4 rings (SSSR count). The molecule has 1 aliphatic rings. The first-order chi connectivity index (χ1) is 17.9. The Balaban J connectivity index is 1.71. The van der Waals surface area contributed by atoms with Crippen LogP contribution in [0.2, 0.25) is 0 Å². The molecule has 0 aliphatic carbocycles. The van der Waals surface area contributed by atoms with Gasteiger partial charge in [0.15, 0.2) is 11.9 Å². The second-order valence-electron chi connectivity index (χ2n) is 10.3. The van der Waals surface area contributed by atoms with Crippen molar-refractivity contribution in [2.45, 2.75) is 33.3 Å². The lowest BCUT2D eigenvalue weighted by Gasteiger charge is -2.39. The first kappa shape index (κ1) is 27.1. The van der Waals surface area contributed by atoms with Crippen molar-refractivity contribution < 1.29 is 27.5 Å². The van der Waals surface area contributed by atoms with Crippen molar-refractivity contribution in [1.82, 2.24) is 15.1 Å². The monoisotopic (exact) mass is 532 g/mol. The number of primary amides is 1. The predicted octanol–water partition coefficient (Wildman–Crippen LogP) is 3.59. The SMILES string of the molecule is CC(C)(C)C(=O)N1CCN(c2cc(-c3cc(OC(CF)C(F)F)c4c(N)n[nH]c4c3)ccc2C(N)=O)CC1. The molecule has 0 radical (unpaired) electrons. The number of ether oxygens (including phenoxy) is 1. The summed E-state index contributed by atoms with van der Waals surface area (Å²) in [7, 11) is 0. The van der Waals surface area contributed by atoms with E-state index in [-0.39, 0.29) is 22.9 Å². The highest BCUT2D eigenvalue weighted by Gasteiger charge is 2.31. The van der Waals surface area contributed by atoms with Crippen LogP contribution in [0.15, 0.2) is 30.3 Å². The number of H-pyrrole nitrogens is 1. The number of nitrogens with zero attached hydrogens (tertiary/aromatic N) is 3. The van der Waals surface area contributed by atoms with Crippen LogP contribution in [-0.4, -0.2) is 72.3 Å². The van der Waals surface area contributed by atoms with E-state index in [9.17, 15) is 22.8 Å². The fourth-order valence-corrected chi connectivity index (χ4v) is 4.52. The van der Waals surface area contributed by atoms with E-state index in [1.54, 1.807) is 29.2 Å². The van der Waals surface area contributed by atoms with Crippen LogP contribution in [0.4, 0.5) is 24.7 Å². The number of hydrogen-bond acceptors (Lipinski definition) is 6. The largest absolute Gasteiger partial charge is 0.481 e. The number of hydrogen-bond donors (Lipinski definition) is 3. The fourth-order valence-electron chi connectivity index (χ4n) is 4.52. The highest BCUT2D eigenvalue weighted by molar-refractivity contribution is 6.01. The van der Waals surface area contributed by atoms with Gasteiger partial charge in [-0.2, -0.15) is 5.10 Å². The summed E-state index contributed by atoms with van der Waals surface area (Å²) in [5.74, 6) is -0.568. The maximum Gasteiger partial charge on any atom is 0.277 e. The minimum absolute atomic E-state index is 0.0286. The van der Waals surface area contributed by atoms with Gasteiger partial charge in [0.1, 0.15) is 12.4 Å². The minimum atomic E-state index is -3.04. The molecule has 1 unspecified atom stereocenters. The number of fused-ring (bicyclic) bond motifs is 1. The highest BCUT2D eigenvalue weighted by Crippen LogP contribution is 2.37. The van der Waals surface area contributed by atoms with E-state index in [4.69, 9.17) is 16.2 Å². The fraction of sp³-hybridized carbons (Fsp3) is 0.423. The van der Waals surface area contributed by atoms with Crippen LogP contribution in [0.1, 0.15) is 31.1 Å². The van der Waals surface area contributed by atoms with Crippen molar-refractivity contribution in [3.63, 3.8) is 0 Å². The Morgan fingerprint density at radius 3 is 2.37 bits per heavy atom. The Kier molecular flexibility index (Phi) is 7.43. The molecular weight excluding hydrogens is 501 g/mol. The Hall–Kier alpha value is -3.96. The van der Waals surface area contributed by atoms with Crippen LogP contribution in [0, 0.1) is 5.41 Å². The lowest BCUT2D eigenvalue weighted by atomic mass is 9.94. The Morgan fingerprint density at radius 1 is 1.11 bits per heavy atom. The van der Waals surface area contributed by atoms with Crippen LogP contribution in [0.3, 0.4) is 0 Å². The van der Waals surface area contributed by atoms with Crippen LogP contribution in [0.25, 0.3) is 22.0 Å². The number of nitrogen functional groups attached to an aromatic ring is 1. The number of nitrogens with one attached hydrogen (secondary N) is 1. The van der Waals surface area contributed by atoms with Gasteiger partial charge in [-0.05, 0) is 35.4 Å². The number of carbonyl (C=O) groups excluding carboxylic acids is 2. The number of piperazine rings is 1. The van der Waals surface area contributed by atoms with E-state index in [2.05, 4.69) is 10.2 Å². The molecule has 1 saturated heterocycles. The van der Waals surface area contributed by atoms with Gasteiger partial charge in [0.2, 0.25) is 5.91 Å². The maximum absolute atomic E-state index is 13.3. The van der Waals surface area contributed by atoms with Crippen molar-refractivity contribution >= 4 is 34.2 Å². The van der Waals surface area contributed by atoms with Gasteiger partial charge < -0.3 is 26.0 Å². The first-order valence-corrected chi connectivity index (χ1v) is 12.2. The average Bonchev–Trinajstić information content (AvgIpc) is 3.26. The molecule has 1 fully saturated rings. The number of rotatable bonds is 7. The smallest absolute Gasteiger partial charge is 0.277 e. The van der Waals surface area contributed by atoms with Gasteiger partial charge in [-0.3, -0.25) is 14.7 Å². The van der Waals surface area contributed by atoms with Gasteiger partial charge in [-0.1, -0.05) is 26.8 Å². The molecular formula is C26H31F3N6O3. The lowest BCUT2D eigenvalue weighted by molar-refractivity contribution is -0.139. The zero-order valence-electron chi connectivity index (χ0n) is 21.4. The number of aromatic nitrogens is 2. The first-order valence-electron chi connectivity index (χ1n) is 12.2. The quantitative estimate of drug-likeness (QED) is 0.426. The molecule has 38 heavy (non-hydrogen) atoms. The third kappa shape index (κ3) is 5.34. The van der Waals surface area contributed by atoms with Crippen molar-refractivity contribution in [1.29, 1.82) is 0 Å². The predicted molar refractivity (Wildman–Crippen MR) is 139 cm³/mol. The van der Waals surface area contributed by atoms with Crippen LogP contribution in [0.5, 0.6) is 5.75 Å². The topological polar surface area (TPSA) is 131 Å². The van der Waals surface area contributed by atoms with Gasteiger partial charge in [0.05, 0.1) is 22.2 Å². The molecule has 1 aromatic heterocycles. The van der Waals surface area contributed by atoms with E-state index < -0.39 is 30.5 Å². The molecule has 2 heterocycles. The number of aromatic amines is 1. The van der Waals surface area contributed by atoms with E-state index in [1.165, 1.54) is 6.07 Å². The standard InChI is InChI=1S/C26H31F3N6O3/c1-26(2,3)25(37)35-8-6-34(7-9-35)18-11-14(4-5-16(18)24(31)36)15-10-17-21(23(30)33-32-17)19(12-15)38-20(13-27)22(28)29/h4-5,10-12,20,22H,6-9,13H2,1-3H3,(H2,31,36)(H3,30,32,33). The van der Waals surface area contributed by atoms with E-state index in [0.29, 0.717) is 54.1 Å². The second kappa shape index (κ2) is 10.4. The number of nitrogens with two attached hydrogens (primary N) is 2. The summed E-state index contributed by atoms with van der Waals surface area (Å²) in [4.78, 5) is 28.7.